The van der Waals surface area contributed by atoms with E-state index in [-0.39, 0.29) is 5.69 Å². The summed E-state index contributed by atoms with van der Waals surface area (Å²) in [6.07, 6.45) is 0. The molecule has 1 heterocycles. The van der Waals surface area contributed by atoms with Gasteiger partial charge >= 0.3 is 0 Å². The fraction of sp³-hybridized carbons (Fsp3) is 0. The third-order valence-electron chi connectivity index (χ3n) is 4.04. The molecule has 0 fully saturated rings. The highest BCUT2D eigenvalue weighted by Gasteiger charge is 2.13. The Morgan fingerprint density at radius 3 is 2.27 bits per heavy atom. The van der Waals surface area contributed by atoms with Crippen molar-refractivity contribution in [1.29, 1.82) is 0 Å². The molecule has 0 aliphatic heterocycles. The highest BCUT2D eigenvalue weighted by atomic mass is 35.5. The predicted octanol–water partition coefficient (Wildman–Crippen LogP) is 5.53. The molecule has 0 amide bonds. The largest absolute Gasteiger partial charge is 0.269 e. The van der Waals surface area contributed by atoms with Crippen molar-refractivity contribution in [3.8, 4) is 22.6 Å². The van der Waals surface area contributed by atoms with Crippen LogP contribution in [0.2, 0.25) is 5.02 Å². The van der Waals surface area contributed by atoms with E-state index in [9.17, 15) is 10.1 Å². The van der Waals surface area contributed by atoms with Crippen molar-refractivity contribution in [3.63, 3.8) is 0 Å². The lowest BCUT2D eigenvalue weighted by molar-refractivity contribution is -0.384. The molecule has 1 aromatic heterocycles. The number of benzene rings is 3. The molecule has 0 aliphatic rings. The number of hydrogen-bond acceptors (Lipinski definition) is 4. The SMILES string of the molecule is O=[N+]([O-])c1ccc(-c2nc(-c3ccccc3)c3cc(Cl)ccc3n2)cc1. The summed E-state index contributed by atoms with van der Waals surface area (Å²) in [5, 5.41) is 12.3. The molecule has 126 valence electrons. The van der Waals surface area contributed by atoms with E-state index in [1.165, 1.54) is 12.1 Å². The third kappa shape index (κ3) is 3.00. The molecule has 0 radical (unpaired) electrons. The number of fused-ring (bicyclic) bond motifs is 1. The van der Waals surface area contributed by atoms with Gasteiger partial charge in [-0.15, -0.1) is 0 Å². The van der Waals surface area contributed by atoms with E-state index in [0.717, 1.165) is 22.2 Å². The van der Waals surface area contributed by atoms with Gasteiger partial charge in [0.15, 0.2) is 5.82 Å². The first kappa shape index (κ1) is 16.2. The number of nitrogens with zero attached hydrogens (tertiary/aromatic N) is 3. The second-order valence-electron chi connectivity index (χ2n) is 5.73. The first-order chi connectivity index (χ1) is 12.6. The summed E-state index contributed by atoms with van der Waals surface area (Å²) in [5.74, 6) is 0.508. The van der Waals surface area contributed by atoms with E-state index in [1.807, 2.05) is 42.5 Å². The van der Waals surface area contributed by atoms with E-state index in [0.29, 0.717) is 16.4 Å². The number of rotatable bonds is 3. The van der Waals surface area contributed by atoms with Crippen molar-refractivity contribution < 1.29 is 4.92 Å². The molecule has 6 heteroatoms. The zero-order valence-corrected chi connectivity index (χ0v) is 14.2. The van der Waals surface area contributed by atoms with Crippen molar-refractivity contribution in [2.45, 2.75) is 0 Å². The average Bonchev–Trinajstić information content (AvgIpc) is 2.68. The highest BCUT2D eigenvalue weighted by molar-refractivity contribution is 6.31. The summed E-state index contributed by atoms with van der Waals surface area (Å²) in [5.41, 5.74) is 3.22. The molecular formula is C20H12ClN3O2. The minimum Gasteiger partial charge on any atom is -0.258 e. The molecule has 0 aliphatic carbocycles. The second kappa shape index (κ2) is 6.54. The molecule has 0 unspecified atom stereocenters. The number of nitro groups is 1. The van der Waals surface area contributed by atoms with Crippen molar-refractivity contribution >= 4 is 28.2 Å². The molecule has 5 nitrogen and oxygen atoms in total. The van der Waals surface area contributed by atoms with Crippen LogP contribution in [0, 0.1) is 10.1 Å². The van der Waals surface area contributed by atoms with Crippen LogP contribution in [0.25, 0.3) is 33.5 Å². The maximum absolute atomic E-state index is 10.9. The van der Waals surface area contributed by atoms with Gasteiger partial charge in [-0.05, 0) is 30.3 Å². The molecule has 0 bridgehead atoms. The van der Waals surface area contributed by atoms with Crippen molar-refractivity contribution in [2.75, 3.05) is 0 Å². The van der Waals surface area contributed by atoms with Crippen molar-refractivity contribution in [3.05, 3.63) is 87.9 Å². The first-order valence-corrected chi connectivity index (χ1v) is 8.27. The van der Waals surface area contributed by atoms with Gasteiger partial charge in [0.05, 0.1) is 16.1 Å². The predicted molar refractivity (Wildman–Crippen MR) is 102 cm³/mol. The molecular weight excluding hydrogens is 350 g/mol. The van der Waals surface area contributed by atoms with Gasteiger partial charge in [-0.3, -0.25) is 10.1 Å². The fourth-order valence-electron chi connectivity index (χ4n) is 2.78. The smallest absolute Gasteiger partial charge is 0.258 e. The lowest BCUT2D eigenvalue weighted by Crippen LogP contribution is -1.95. The van der Waals surface area contributed by atoms with Gasteiger partial charge in [0.1, 0.15) is 0 Å². The lowest BCUT2D eigenvalue weighted by Gasteiger charge is -2.09. The first-order valence-electron chi connectivity index (χ1n) is 7.89. The molecule has 3 aromatic carbocycles. The van der Waals surface area contributed by atoms with Gasteiger partial charge in [0, 0.05) is 33.7 Å². The van der Waals surface area contributed by atoms with Crippen LogP contribution in [0.4, 0.5) is 5.69 Å². The Labute approximate surface area is 154 Å². The van der Waals surface area contributed by atoms with E-state index < -0.39 is 4.92 Å². The Morgan fingerprint density at radius 2 is 1.58 bits per heavy atom. The van der Waals surface area contributed by atoms with E-state index in [2.05, 4.69) is 4.98 Å². The average molecular weight is 362 g/mol. The number of non-ortho nitro benzene ring substituents is 1. The molecule has 4 rings (SSSR count). The zero-order valence-electron chi connectivity index (χ0n) is 13.5. The van der Waals surface area contributed by atoms with Gasteiger partial charge in [-0.25, -0.2) is 9.97 Å². The Balaban J connectivity index is 1.94. The Morgan fingerprint density at radius 1 is 0.846 bits per heavy atom. The van der Waals surface area contributed by atoms with Crippen LogP contribution in [0.1, 0.15) is 0 Å². The van der Waals surface area contributed by atoms with Crippen LogP contribution >= 0.6 is 11.6 Å². The second-order valence-corrected chi connectivity index (χ2v) is 6.16. The minimum absolute atomic E-state index is 0.0320. The molecule has 26 heavy (non-hydrogen) atoms. The van der Waals surface area contributed by atoms with Gasteiger partial charge in [-0.1, -0.05) is 41.9 Å². The highest BCUT2D eigenvalue weighted by Crippen LogP contribution is 2.31. The number of hydrogen-bond donors (Lipinski definition) is 0. The zero-order chi connectivity index (χ0) is 18.1. The summed E-state index contributed by atoms with van der Waals surface area (Å²) >= 11 is 6.16. The molecule has 0 atom stereocenters. The normalized spacial score (nSPS) is 10.8. The van der Waals surface area contributed by atoms with E-state index in [4.69, 9.17) is 16.6 Å². The van der Waals surface area contributed by atoms with Gasteiger partial charge in [0.25, 0.3) is 5.69 Å². The van der Waals surface area contributed by atoms with Crippen LogP contribution in [0.15, 0.2) is 72.8 Å². The summed E-state index contributed by atoms with van der Waals surface area (Å²) in [4.78, 5) is 19.8. The maximum atomic E-state index is 10.9. The quantitative estimate of drug-likeness (QED) is 0.355. The van der Waals surface area contributed by atoms with Crippen LogP contribution in [-0.2, 0) is 0 Å². The Kier molecular flexibility index (Phi) is 4.07. The number of aromatic nitrogens is 2. The van der Waals surface area contributed by atoms with Gasteiger partial charge in [-0.2, -0.15) is 0 Å². The standard InChI is InChI=1S/C20H12ClN3O2/c21-15-8-11-18-17(12-15)19(13-4-2-1-3-5-13)23-20(22-18)14-6-9-16(10-7-14)24(25)26/h1-12H. The fourth-order valence-corrected chi connectivity index (χ4v) is 2.95. The van der Waals surface area contributed by atoms with Crippen LogP contribution < -0.4 is 0 Å². The van der Waals surface area contributed by atoms with E-state index in [1.54, 1.807) is 18.2 Å². The number of nitro benzene ring substituents is 1. The van der Waals surface area contributed by atoms with Gasteiger partial charge in [0.2, 0.25) is 0 Å². The third-order valence-corrected chi connectivity index (χ3v) is 4.28. The summed E-state index contributed by atoms with van der Waals surface area (Å²) in [6.45, 7) is 0. The molecule has 0 N–H and O–H groups in total. The van der Waals surface area contributed by atoms with Crippen molar-refractivity contribution in [1.82, 2.24) is 9.97 Å². The Bertz CT molecular complexity index is 1110. The van der Waals surface area contributed by atoms with Crippen LogP contribution in [0.3, 0.4) is 0 Å². The minimum atomic E-state index is -0.428. The Hall–Kier alpha value is -3.31. The summed E-state index contributed by atoms with van der Waals surface area (Å²) < 4.78 is 0. The molecule has 4 aromatic rings. The van der Waals surface area contributed by atoms with Crippen molar-refractivity contribution in [2.24, 2.45) is 0 Å². The monoisotopic (exact) mass is 361 g/mol. The van der Waals surface area contributed by atoms with Gasteiger partial charge < -0.3 is 0 Å². The molecule has 0 saturated heterocycles. The topological polar surface area (TPSA) is 68.9 Å². The van der Waals surface area contributed by atoms with E-state index >= 15 is 0 Å². The van der Waals surface area contributed by atoms with Crippen LogP contribution in [0.5, 0.6) is 0 Å². The maximum Gasteiger partial charge on any atom is 0.269 e. The summed E-state index contributed by atoms with van der Waals surface area (Å²) in [6, 6.07) is 21.5. The molecule has 0 spiro atoms. The molecule has 0 saturated carbocycles. The van der Waals surface area contributed by atoms with Crippen LogP contribution in [-0.4, -0.2) is 14.9 Å². The summed E-state index contributed by atoms with van der Waals surface area (Å²) in [7, 11) is 0. The lowest BCUT2D eigenvalue weighted by atomic mass is 10.1. The number of halogens is 1.